The highest BCUT2D eigenvalue weighted by molar-refractivity contribution is 7.87. The molecule has 0 bridgehead atoms. The van der Waals surface area contributed by atoms with Gasteiger partial charge in [0.15, 0.2) is 11.5 Å². The first-order chi connectivity index (χ1) is 21.2. The average molecular weight is 661 g/mol. The van der Waals surface area contributed by atoms with Gasteiger partial charge < -0.3 is 22.6 Å². The Kier molecular flexibility index (Phi) is 12.1. The molecule has 0 spiro atoms. The fraction of sp³-hybridized carbons (Fsp3) is 0.364. The Morgan fingerprint density at radius 2 is 1.58 bits per heavy atom. The van der Waals surface area contributed by atoms with Crippen LogP contribution in [0, 0.1) is 13.8 Å². The predicted octanol–water partition coefficient (Wildman–Crippen LogP) is 6.36. The Hall–Kier alpha value is -4.03. The zero-order valence-electron chi connectivity index (χ0n) is 26.6. The van der Waals surface area contributed by atoms with Gasteiger partial charge in [0.05, 0.1) is 25.5 Å². The van der Waals surface area contributed by atoms with Gasteiger partial charge in [0.25, 0.3) is 0 Å². The van der Waals surface area contributed by atoms with Gasteiger partial charge >= 0.3 is 26.2 Å². The van der Waals surface area contributed by atoms with E-state index in [1.165, 1.54) is 26.2 Å². The van der Waals surface area contributed by atoms with Crippen molar-refractivity contribution >= 4 is 26.2 Å². The minimum absolute atomic E-state index is 0.00684. The minimum atomic E-state index is -4.20. The van der Waals surface area contributed by atoms with Crippen LogP contribution in [0.1, 0.15) is 61.8 Å². The third kappa shape index (κ3) is 9.73. The van der Waals surface area contributed by atoms with Crippen LogP contribution in [0.25, 0.3) is 0 Å². The molecule has 0 aliphatic rings. The van der Waals surface area contributed by atoms with Crippen molar-refractivity contribution in [1.29, 1.82) is 0 Å². The smallest absolute Gasteiger partial charge is 0.339 e. The fourth-order valence-corrected chi connectivity index (χ4v) is 6.06. The second kappa shape index (κ2) is 15.3. The molecule has 1 atom stereocenters. The standard InChI is InChI=1S/C33H40O10S2/c1-8-40-33(34)25(5)29(42-44(7,35)36)19-16-23(3)28-20-30(43-45(37,38)27-17-14-22(2)15-18-27)24(4)31(39-6)32(28)41-21-26-12-10-9-11-13-26/h9-15,17-18,20,23H,8,16,19,21H2,1-7H3. The van der Waals surface area contributed by atoms with Crippen molar-refractivity contribution in [3.05, 3.63) is 94.2 Å². The van der Waals surface area contributed by atoms with E-state index in [-0.39, 0.29) is 59.7 Å². The molecule has 0 aromatic heterocycles. The molecular formula is C33H40O10S2. The molecular weight excluding hydrogens is 620 g/mol. The number of carbonyl (C=O) groups is 1. The van der Waals surface area contributed by atoms with Gasteiger partial charge in [0, 0.05) is 17.5 Å². The van der Waals surface area contributed by atoms with E-state index in [1.54, 1.807) is 32.0 Å². The molecule has 0 aliphatic heterocycles. The second-order valence-electron chi connectivity index (χ2n) is 10.6. The van der Waals surface area contributed by atoms with E-state index in [9.17, 15) is 21.6 Å². The number of hydrogen-bond acceptors (Lipinski definition) is 10. The lowest BCUT2D eigenvalue weighted by Crippen LogP contribution is -2.14. The van der Waals surface area contributed by atoms with E-state index in [2.05, 4.69) is 0 Å². The van der Waals surface area contributed by atoms with E-state index in [0.29, 0.717) is 16.9 Å². The number of methoxy groups -OCH3 is 1. The first-order valence-electron chi connectivity index (χ1n) is 14.3. The fourth-order valence-electron chi connectivity index (χ4n) is 4.51. The average Bonchev–Trinajstić information content (AvgIpc) is 2.99. The van der Waals surface area contributed by atoms with Crippen LogP contribution in [-0.2, 0) is 40.6 Å². The summed E-state index contributed by atoms with van der Waals surface area (Å²) in [5, 5.41) is 0. The molecule has 3 rings (SSSR count). The maximum absolute atomic E-state index is 13.3. The van der Waals surface area contributed by atoms with Gasteiger partial charge in [-0.3, -0.25) is 0 Å². The van der Waals surface area contributed by atoms with Crippen LogP contribution in [0.15, 0.2) is 76.9 Å². The third-order valence-electron chi connectivity index (χ3n) is 6.99. The van der Waals surface area contributed by atoms with Crippen LogP contribution in [0.5, 0.6) is 17.2 Å². The van der Waals surface area contributed by atoms with Crippen LogP contribution >= 0.6 is 0 Å². The van der Waals surface area contributed by atoms with E-state index in [4.69, 9.17) is 22.6 Å². The van der Waals surface area contributed by atoms with Gasteiger partial charge in [0.1, 0.15) is 23.0 Å². The molecule has 0 saturated heterocycles. The Balaban J connectivity index is 2.08. The zero-order valence-corrected chi connectivity index (χ0v) is 28.2. The van der Waals surface area contributed by atoms with E-state index in [1.807, 2.05) is 44.2 Å². The molecule has 244 valence electrons. The molecule has 12 heteroatoms. The Morgan fingerprint density at radius 1 is 0.933 bits per heavy atom. The summed E-state index contributed by atoms with van der Waals surface area (Å²) in [4.78, 5) is 12.4. The number of ether oxygens (including phenoxy) is 3. The van der Waals surface area contributed by atoms with Gasteiger partial charge in [-0.25, -0.2) is 4.79 Å². The highest BCUT2D eigenvalue weighted by atomic mass is 32.2. The lowest BCUT2D eigenvalue weighted by Gasteiger charge is -2.23. The summed E-state index contributed by atoms with van der Waals surface area (Å²) in [7, 11) is -6.70. The van der Waals surface area contributed by atoms with Crippen molar-refractivity contribution in [3.8, 4) is 17.2 Å². The van der Waals surface area contributed by atoms with Crippen LogP contribution < -0.4 is 13.7 Å². The number of aryl methyl sites for hydroxylation is 1. The quantitative estimate of drug-likeness (QED) is 0.0786. The maximum Gasteiger partial charge on any atom is 0.339 e. The van der Waals surface area contributed by atoms with Crippen LogP contribution in [0.3, 0.4) is 0 Å². The molecule has 3 aromatic carbocycles. The summed E-state index contributed by atoms with van der Waals surface area (Å²) in [6, 6.07) is 17.4. The number of carbonyl (C=O) groups excluding carboxylic acids is 1. The molecule has 1 unspecified atom stereocenters. The van der Waals surface area contributed by atoms with Crippen molar-refractivity contribution in [2.75, 3.05) is 20.0 Å². The SMILES string of the molecule is CCOC(=O)C(C)=C(CCC(C)c1cc(OS(=O)(=O)c2ccc(C)cc2)c(C)c(OC)c1OCc1ccccc1)OS(C)(=O)=O. The molecule has 0 saturated carbocycles. The van der Waals surface area contributed by atoms with Crippen LogP contribution in [-0.4, -0.2) is 42.8 Å². The highest BCUT2D eigenvalue weighted by Gasteiger charge is 2.27. The first-order valence-corrected chi connectivity index (χ1v) is 17.5. The molecule has 0 amide bonds. The Labute approximate surface area is 266 Å². The Morgan fingerprint density at radius 3 is 2.16 bits per heavy atom. The maximum atomic E-state index is 13.3. The number of allylic oxidation sites excluding steroid dienone is 1. The summed E-state index contributed by atoms with van der Waals surface area (Å²) < 4.78 is 78.5. The van der Waals surface area contributed by atoms with Gasteiger partial charge in [-0.2, -0.15) is 16.8 Å². The summed E-state index contributed by atoms with van der Waals surface area (Å²) in [5.74, 6) is -0.412. The number of hydrogen-bond donors (Lipinski definition) is 0. The largest absolute Gasteiger partial charge is 0.492 e. The van der Waals surface area contributed by atoms with Crippen molar-refractivity contribution in [1.82, 2.24) is 0 Å². The van der Waals surface area contributed by atoms with Gasteiger partial charge in [-0.05, 0) is 63.8 Å². The summed E-state index contributed by atoms with van der Waals surface area (Å²) >= 11 is 0. The van der Waals surface area contributed by atoms with Crippen molar-refractivity contribution < 1.29 is 44.2 Å². The van der Waals surface area contributed by atoms with Crippen molar-refractivity contribution in [2.45, 2.75) is 64.9 Å². The number of rotatable bonds is 15. The normalized spacial score (nSPS) is 13.0. The second-order valence-corrected chi connectivity index (χ2v) is 13.7. The number of esters is 1. The topological polar surface area (TPSA) is 132 Å². The lowest BCUT2D eigenvalue weighted by atomic mass is 9.92. The van der Waals surface area contributed by atoms with Gasteiger partial charge in [0.2, 0.25) is 0 Å². The van der Waals surface area contributed by atoms with Crippen LogP contribution in [0.4, 0.5) is 0 Å². The monoisotopic (exact) mass is 660 g/mol. The van der Waals surface area contributed by atoms with Gasteiger partial charge in [-0.15, -0.1) is 0 Å². The zero-order chi connectivity index (χ0) is 33.4. The molecule has 0 radical (unpaired) electrons. The molecule has 0 aliphatic carbocycles. The third-order valence-corrected chi connectivity index (χ3v) is 8.74. The lowest BCUT2D eigenvalue weighted by molar-refractivity contribution is -0.138. The molecule has 10 nitrogen and oxygen atoms in total. The minimum Gasteiger partial charge on any atom is -0.492 e. The van der Waals surface area contributed by atoms with Crippen LogP contribution in [0.2, 0.25) is 0 Å². The molecule has 0 N–H and O–H groups in total. The number of benzene rings is 3. The van der Waals surface area contributed by atoms with E-state index < -0.39 is 26.2 Å². The summed E-state index contributed by atoms with van der Waals surface area (Å²) in [6.45, 7) is 8.77. The van der Waals surface area contributed by atoms with Gasteiger partial charge in [-0.1, -0.05) is 55.0 Å². The highest BCUT2D eigenvalue weighted by Crippen LogP contribution is 2.45. The van der Waals surface area contributed by atoms with Crippen molar-refractivity contribution in [3.63, 3.8) is 0 Å². The predicted molar refractivity (Wildman–Crippen MR) is 170 cm³/mol. The first kappa shape index (κ1) is 35.4. The van der Waals surface area contributed by atoms with E-state index in [0.717, 1.165) is 17.4 Å². The summed E-state index contributed by atoms with van der Waals surface area (Å²) in [5.41, 5.74) is 2.79. The van der Waals surface area contributed by atoms with Crippen molar-refractivity contribution in [2.24, 2.45) is 0 Å². The molecule has 0 fully saturated rings. The molecule has 3 aromatic rings. The molecule has 0 heterocycles. The summed E-state index contributed by atoms with van der Waals surface area (Å²) in [6.07, 6.45) is 1.22. The van der Waals surface area contributed by atoms with E-state index >= 15 is 0 Å². The molecule has 45 heavy (non-hydrogen) atoms. The Bertz CT molecular complexity index is 1730.